The van der Waals surface area contributed by atoms with Crippen molar-refractivity contribution < 1.29 is 9.53 Å². The van der Waals surface area contributed by atoms with Crippen LogP contribution in [0, 0.1) is 5.92 Å². The Balaban J connectivity index is 1.86. The molecule has 1 aliphatic rings. The summed E-state index contributed by atoms with van der Waals surface area (Å²) in [5, 5.41) is 10.4. The molecule has 22 heavy (non-hydrogen) atoms. The van der Waals surface area contributed by atoms with Gasteiger partial charge in [-0.25, -0.2) is 0 Å². The van der Waals surface area contributed by atoms with Crippen LogP contribution in [0.5, 0.6) is 0 Å². The third-order valence-corrected chi connectivity index (χ3v) is 4.02. The van der Waals surface area contributed by atoms with Gasteiger partial charge in [-0.3, -0.25) is 9.48 Å². The molecule has 6 nitrogen and oxygen atoms in total. The van der Waals surface area contributed by atoms with E-state index < -0.39 is 0 Å². The fourth-order valence-electron chi connectivity index (χ4n) is 2.66. The first-order valence-electron chi connectivity index (χ1n) is 7.91. The topological polar surface area (TPSA) is 68.2 Å². The summed E-state index contributed by atoms with van der Waals surface area (Å²) in [5.74, 6) is 0.360. The number of hydrogen-bond donors (Lipinski definition) is 2. The maximum absolute atomic E-state index is 11.8. The molecule has 0 unspecified atom stereocenters. The first-order chi connectivity index (χ1) is 10.7. The molecule has 0 spiro atoms. The highest BCUT2D eigenvalue weighted by Gasteiger charge is 2.31. The Morgan fingerprint density at radius 2 is 2.50 bits per heavy atom. The molecule has 1 aromatic rings. The van der Waals surface area contributed by atoms with Gasteiger partial charge in [0.2, 0.25) is 5.91 Å². The molecule has 0 radical (unpaired) electrons. The Morgan fingerprint density at radius 1 is 1.68 bits per heavy atom. The molecule has 0 bridgehead atoms. The van der Waals surface area contributed by atoms with Gasteiger partial charge >= 0.3 is 0 Å². The second kappa shape index (κ2) is 8.10. The maximum atomic E-state index is 11.8. The molecule has 2 rings (SSSR count). The predicted octanol–water partition coefficient (Wildman–Crippen LogP) is 1.26. The lowest BCUT2D eigenvalue weighted by molar-refractivity contribution is -0.122. The van der Waals surface area contributed by atoms with Crippen LogP contribution in [-0.2, 0) is 16.1 Å². The number of ether oxygens (including phenoxy) is 1. The zero-order valence-corrected chi connectivity index (χ0v) is 13.4. The Kier molecular flexibility index (Phi) is 6.15. The number of amides is 1. The standard InChI is InChI=1S/C16H26N4O2/c1-4-7-17-16(21)12(3)18-9-13-6-8-22-15(13)14-10-19-20(5-2)11-14/h4,10-13,15,18H,1,5-9H2,2-3H3,(H,17,21)/t12-,13-,15-/m0/s1. The third kappa shape index (κ3) is 4.18. The lowest BCUT2D eigenvalue weighted by Gasteiger charge is -2.20. The second-order valence-corrected chi connectivity index (χ2v) is 5.63. The van der Waals surface area contributed by atoms with Crippen LogP contribution in [0.4, 0.5) is 0 Å². The number of rotatable bonds is 8. The van der Waals surface area contributed by atoms with Gasteiger partial charge in [-0.1, -0.05) is 6.08 Å². The van der Waals surface area contributed by atoms with E-state index in [1.54, 1.807) is 6.08 Å². The average molecular weight is 306 g/mol. The molecule has 0 aliphatic carbocycles. The third-order valence-electron chi connectivity index (χ3n) is 4.02. The van der Waals surface area contributed by atoms with E-state index in [2.05, 4.69) is 29.2 Å². The van der Waals surface area contributed by atoms with E-state index in [0.717, 1.165) is 31.7 Å². The van der Waals surface area contributed by atoms with Gasteiger partial charge < -0.3 is 15.4 Å². The van der Waals surface area contributed by atoms with E-state index in [-0.39, 0.29) is 18.1 Å². The van der Waals surface area contributed by atoms with E-state index >= 15 is 0 Å². The van der Waals surface area contributed by atoms with E-state index in [1.165, 1.54) is 0 Å². The number of aromatic nitrogens is 2. The van der Waals surface area contributed by atoms with Crippen molar-refractivity contribution in [3.8, 4) is 0 Å². The summed E-state index contributed by atoms with van der Waals surface area (Å²) in [6, 6.07) is -0.223. The monoisotopic (exact) mass is 306 g/mol. The van der Waals surface area contributed by atoms with Gasteiger partial charge in [0.25, 0.3) is 0 Å². The number of nitrogens with one attached hydrogen (secondary N) is 2. The zero-order valence-electron chi connectivity index (χ0n) is 13.4. The molecule has 2 heterocycles. The van der Waals surface area contributed by atoms with Gasteiger partial charge in [-0.2, -0.15) is 5.10 Å². The van der Waals surface area contributed by atoms with Gasteiger partial charge in [-0.05, 0) is 20.3 Å². The number of hydrogen-bond acceptors (Lipinski definition) is 4. The van der Waals surface area contributed by atoms with Gasteiger partial charge in [0.15, 0.2) is 0 Å². The number of carbonyl (C=O) groups excluding carboxylic acids is 1. The fraction of sp³-hybridized carbons (Fsp3) is 0.625. The molecule has 1 fully saturated rings. The van der Waals surface area contributed by atoms with E-state index in [1.807, 2.05) is 24.0 Å². The van der Waals surface area contributed by atoms with E-state index in [0.29, 0.717) is 12.5 Å². The summed E-state index contributed by atoms with van der Waals surface area (Å²) in [6.45, 7) is 10.4. The minimum atomic E-state index is -0.223. The van der Waals surface area contributed by atoms with Crippen LogP contribution in [0.3, 0.4) is 0 Å². The predicted molar refractivity (Wildman–Crippen MR) is 85.4 cm³/mol. The summed E-state index contributed by atoms with van der Waals surface area (Å²) >= 11 is 0. The van der Waals surface area contributed by atoms with Crippen molar-refractivity contribution in [2.75, 3.05) is 19.7 Å². The molecule has 1 aromatic heterocycles. The molecule has 2 N–H and O–H groups in total. The highest BCUT2D eigenvalue weighted by molar-refractivity contribution is 5.81. The SMILES string of the molecule is C=CCNC(=O)[C@H](C)NC[C@@H]1CCO[C@@H]1c1cnn(CC)c1. The lowest BCUT2D eigenvalue weighted by atomic mass is 9.97. The largest absolute Gasteiger partial charge is 0.373 e. The summed E-state index contributed by atoms with van der Waals surface area (Å²) in [5.41, 5.74) is 1.12. The van der Waals surface area contributed by atoms with Crippen molar-refractivity contribution in [2.24, 2.45) is 5.92 Å². The second-order valence-electron chi connectivity index (χ2n) is 5.63. The minimum Gasteiger partial charge on any atom is -0.373 e. The van der Waals surface area contributed by atoms with Crippen molar-refractivity contribution >= 4 is 5.91 Å². The molecular weight excluding hydrogens is 280 g/mol. The molecule has 122 valence electrons. The molecule has 0 saturated carbocycles. The molecule has 3 atom stereocenters. The quantitative estimate of drug-likeness (QED) is 0.710. The van der Waals surface area contributed by atoms with Gasteiger partial charge in [0.1, 0.15) is 0 Å². The molecular formula is C16H26N4O2. The molecule has 1 aliphatic heterocycles. The smallest absolute Gasteiger partial charge is 0.237 e. The Morgan fingerprint density at radius 3 is 3.18 bits per heavy atom. The lowest BCUT2D eigenvalue weighted by Crippen LogP contribution is -2.44. The molecule has 1 amide bonds. The van der Waals surface area contributed by atoms with Crippen LogP contribution < -0.4 is 10.6 Å². The molecule has 6 heteroatoms. The number of nitrogens with zero attached hydrogens (tertiary/aromatic N) is 2. The molecule has 1 saturated heterocycles. The van der Waals surface area contributed by atoms with Crippen LogP contribution in [0.2, 0.25) is 0 Å². The zero-order chi connectivity index (χ0) is 15.9. The van der Waals surface area contributed by atoms with Crippen molar-refractivity contribution in [2.45, 2.75) is 39.0 Å². The van der Waals surface area contributed by atoms with Crippen LogP contribution >= 0.6 is 0 Å². The maximum Gasteiger partial charge on any atom is 0.237 e. The average Bonchev–Trinajstić information content (AvgIpc) is 3.18. The van der Waals surface area contributed by atoms with Gasteiger partial charge in [-0.15, -0.1) is 6.58 Å². The highest BCUT2D eigenvalue weighted by Crippen LogP contribution is 2.33. The van der Waals surface area contributed by atoms with Gasteiger partial charge in [0, 0.05) is 43.9 Å². The van der Waals surface area contributed by atoms with Crippen molar-refractivity contribution in [3.05, 3.63) is 30.6 Å². The summed E-state index contributed by atoms with van der Waals surface area (Å²) in [6.07, 6.45) is 6.67. The number of carbonyl (C=O) groups is 1. The Hall–Kier alpha value is -1.66. The van der Waals surface area contributed by atoms with Crippen molar-refractivity contribution in [3.63, 3.8) is 0 Å². The van der Waals surface area contributed by atoms with Crippen LogP contribution in [0.25, 0.3) is 0 Å². The van der Waals surface area contributed by atoms with E-state index in [4.69, 9.17) is 4.74 Å². The fourth-order valence-corrected chi connectivity index (χ4v) is 2.66. The Bertz CT molecular complexity index is 500. The minimum absolute atomic E-state index is 0.00540. The van der Waals surface area contributed by atoms with Crippen LogP contribution in [0.15, 0.2) is 25.0 Å². The highest BCUT2D eigenvalue weighted by atomic mass is 16.5. The summed E-state index contributed by atoms with van der Waals surface area (Å²) < 4.78 is 7.77. The summed E-state index contributed by atoms with van der Waals surface area (Å²) in [4.78, 5) is 11.8. The first kappa shape index (κ1) is 16.7. The normalized spacial score (nSPS) is 22.5. The first-order valence-corrected chi connectivity index (χ1v) is 7.91. The van der Waals surface area contributed by atoms with Crippen molar-refractivity contribution in [1.29, 1.82) is 0 Å². The molecule has 0 aromatic carbocycles. The van der Waals surface area contributed by atoms with Gasteiger partial charge in [0.05, 0.1) is 18.3 Å². The van der Waals surface area contributed by atoms with Crippen molar-refractivity contribution in [1.82, 2.24) is 20.4 Å². The summed E-state index contributed by atoms with van der Waals surface area (Å²) in [7, 11) is 0. The Labute approximate surface area is 131 Å². The van der Waals surface area contributed by atoms with Crippen LogP contribution in [-0.4, -0.2) is 41.4 Å². The van der Waals surface area contributed by atoms with E-state index in [9.17, 15) is 4.79 Å². The van der Waals surface area contributed by atoms with Crippen LogP contribution in [0.1, 0.15) is 31.9 Å². The number of aryl methyl sites for hydroxylation is 1.